The second-order valence-electron chi connectivity index (χ2n) is 14.4. The lowest BCUT2D eigenvalue weighted by Gasteiger charge is -2.57. The van der Waals surface area contributed by atoms with Crippen molar-refractivity contribution in [2.45, 2.75) is 56.8 Å². The van der Waals surface area contributed by atoms with Crippen molar-refractivity contribution in [3.8, 4) is 0 Å². The summed E-state index contributed by atoms with van der Waals surface area (Å²) in [6, 6.07) is 0.702. The average Bonchev–Trinajstić information content (AvgIpc) is 3.56. The molecule has 12 atom stereocenters. The number of allylic oxidation sites excluding steroid dienone is 6. The van der Waals surface area contributed by atoms with Crippen molar-refractivity contribution in [3.63, 3.8) is 0 Å². The van der Waals surface area contributed by atoms with Crippen LogP contribution in [0.1, 0.15) is 20.3 Å². The van der Waals surface area contributed by atoms with E-state index in [-0.39, 0.29) is 53.8 Å². The van der Waals surface area contributed by atoms with Gasteiger partial charge in [0, 0.05) is 34.7 Å². The SMILES string of the molecule is C.CN1CC[C@@]23C4C5=C[C@@H]1[C@@H]2C=C[C@H](O)[C@@H]3OC4=C(O)C=C5.CN1CC[C@@]23C4C5=C[C@@H]1[C@@H]2C=C[C@H](O)[C@@H]3OC4=C(O)C=C5.O=S(=O)(O)O. The molecule has 4 saturated heterocycles. The van der Waals surface area contributed by atoms with Crippen molar-refractivity contribution in [2.24, 2.45) is 34.5 Å². The van der Waals surface area contributed by atoms with Crippen LogP contribution in [0.4, 0.5) is 0 Å². The standard InChI is InChI=1S/2C17H19NO3.CH4.H2O4S/c2*1-18-7-6-17-10-3-5-13(20)16(17)21-15-12(19)4-2-9(14(15)17)8-11(10)18;;1-5(2,3)4/h2*2-5,8,10-11,13-14,16,19-20H,6-7H2,1H3;1H4;(H2,1,2,3,4)/t2*10-,11+,13-,14?,16-,17-;;/m00../s1. The Balaban J connectivity index is 0.000000131. The topological polar surface area (TPSA) is 180 Å². The molecular formula is C35H44N2O10S. The summed E-state index contributed by atoms with van der Waals surface area (Å²) >= 11 is 0. The summed E-state index contributed by atoms with van der Waals surface area (Å²) in [7, 11) is -0.335. The third-order valence-electron chi connectivity index (χ3n) is 12.4. The van der Waals surface area contributed by atoms with Gasteiger partial charge in [0.05, 0.1) is 11.8 Å². The summed E-state index contributed by atoms with van der Waals surface area (Å²) in [6.45, 7) is 2.00. The third kappa shape index (κ3) is 4.52. The van der Waals surface area contributed by atoms with Crippen LogP contribution in [0.2, 0.25) is 0 Å². The van der Waals surface area contributed by atoms with Gasteiger partial charge in [0.1, 0.15) is 35.9 Å². The van der Waals surface area contributed by atoms with Crippen LogP contribution >= 0.6 is 0 Å². The summed E-state index contributed by atoms with van der Waals surface area (Å²) < 4.78 is 43.8. The minimum Gasteiger partial charge on any atom is -0.504 e. The van der Waals surface area contributed by atoms with Gasteiger partial charge in [-0.3, -0.25) is 18.9 Å². The van der Waals surface area contributed by atoms with Crippen molar-refractivity contribution in [1.29, 1.82) is 0 Å². The van der Waals surface area contributed by atoms with Crippen molar-refractivity contribution in [1.82, 2.24) is 9.80 Å². The van der Waals surface area contributed by atoms with Crippen molar-refractivity contribution in [3.05, 3.63) is 94.9 Å². The number of hydrogen-bond donors (Lipinski definition) is 6. The molecule has 10 aliphatic rings. The normalized spacial score (nSPS) is 44.8. The van der Waals surface area contributed by atoms with E-state index in [1.54, 1.807) is 12.2 Å². The summed E-state index contributed by atoms with van der Waals surface area (Å²) in [5, 5.41) is 41.3. The lowest BCUT2D eigenvalue weighted by atomic mass is 9.51. The minimum absolute atomic E-state index is 0. The molecule has 0 amide bonds. The predicted molar refractivity (Wildman–Crippen MR) is 176 cm³/mol. The zero-order chi connectivity index (χ0) is 33.2. The van der Waals surface area contributed by atoms with E-state index >= 15 is 0 Å². The maximum atomic E-state index is 10.4. The van der Waals surface area contributed by atoms with E-state index < -0.39 is 22.6 Å². The quantitative estimate of drug-likeness (QED) is 0.163. The van der Waals surface area contributed by atoms with E-state index in [0.29, 0.717) is 35.4 Å². The Bertz CT molecular complexity index is 1640. The van der Waals surface area contributed by atoms with Gasteiger partial charge in [-0.1, -0.05) is 56.0 Å². The predicted octanol–water partition coefficient (Wildman–Crippen LogP) is 3.02. The molecule has 260 valence electrons. The van der Waals surface area contributed by atoms with Gasteiger partial charge in [0.2, 0.25) is 0 Å². The maximum absolute atomic E-state index is 10.4. The second-order valence-corrected chi connectivity index (χ2v) is 15.3. The molecular weight excluding hydrogens is 640 g/mol. The molecule has 4 heterocycles. The first kappa shape index (κ1) is 33.3. The molecule has 2 spiro atoms. The molecule has 2 unspecified atom stereocenters. The first-order valence-electron chi connectivity index (χ1n) is 16.1. The van der Waals surface area contributed by atoms with Crippen molar-refractivity contribution < 1.29 is 47.4 Å². The summed E-state index contributed by atoms with van der Waals surface area (Å²) in [4.78, 5) is 4.78. The van der Waals surface area contributed by atoms with Crippen LogP contribution < -0.4 is 0 Å². The highest BCUT2D eigenvalue weighted by molar-refractivity contribution is 7.79. The van der Waals surface area contributed by atoms with Gasteiger partial charge in [-0.05, 0) is 63.3 Å². The van der Waals surface area contributed by atoms with Gasteiger partial charge in [0.15, 0.2) is 11.5 Å². The van der Waals surface area contributed by atoms with Gasteiger partial charge < -0.3 is 29.9 Å². The number of aliphatic hydroxyl groups excluding tert-OH is 4. The van der Waals surface area contributed by atoms with Gasteiger partial charge in [-0.25, -0.2) is 0 Å². The Hall–Kier alpha value is -3.17. The first-order valence-corrected chi connectivity index (χ1v) is 17.5. The van der Waals surface area contributed by atoms with E-state index in [2.05, 4.69) is 48.2 Å². The fourth-order valence-electron chi connectivity index (χ4n) is 10.6. The molecule has 4 bridgehead atoms. The summed E-state index contributed by atoms with van der Waals surface area (Å²) in [5.41, 5.74) is 2.26. The number of aliphatic hydroxyl groups is 4. The van der Waals surface area contributed by atoms with E-state index in [0.717, 1.165) is 25.9 Å². The van der Waals surface area contributed by atoms with Crippen LogP contribution in [0, 0.1) is 34.5 Å². The van der Waals surface area contributed by atoms with Gasteiger partial charge in [-0.2, -0.15) is 8.42 Å². The largest absolute Gasteiger partial charge is 0.504 e. The molecule has 4 fully saturated rings. The van der Waals surface area contributed by atoms with E-state index in [1.165, 1.54) is 11.1 Å². The number of likely N-dealkylation sites (tertiary alicyclic amines) is 2. The fourth-order valence-corrected chi connectivity index (χ4v) is 10.6. The lowest BCUT2D eigenvalue weighted by molar-refractivity contribution is -0.0900. The van der Waals surface area contributed by atoms with Crippen LogP contribution in [0.3, 0.4) is 0 Å². The Kier molecular flexibility index (Phi) is 7.76. The van der Waals surface area contributed by atoms with Crippen LogP contribution in [-0.2, 0) is 19.9 Å². The van der Waals surface area contributed by atoms with E-state index in [4.69, 9.17) is 27.0 Å². The molecule has 0 saturated carbocycles. The van der Waals surface area contributed by atoms with Gasteiger partial charge in [0.25, 0.3) is 0 Å². The fraction of sp³-hybridized carbons (Fsp3) is 0.543. The third-order valence-corrected chi connectivity index (χ3v) is 12.4. The molecule has 4 aliphatic heterocycles. The molecule has 0 aromatic rings. The molecule has 0 radical (unpaired) electrons. The number of ether oxygens (including phenoxy) is 2. The monoisotopic (exact) mass is 684 g/mol. The van der Waals surface area contributed by atoms with Crippen molar-refractivity contribution in [2.75, 3.05) is 27.2 Å². The smallest absolute Gasteiger partial charge is 0.394 e. The second kappa shape index (κ2) is 11.2. The van der Waals surface area contributed by atoms with Crippen LogP contribution in [0.15, 0.2) is 94.9 Å². The molecule has 0 aromatic carbocycles. The maximum Gasteiger partial charge on any atom is 0.394 e. The first-order chi connectivity index (χ1) is 22.3. The van der Waals surface area contributed by atoms with Gasteiger partial charge >= 0.3 is 10.4 Å². The Labute approximate surface area is 280 Å². The Morgan fingerprint density at radius 1 is 0.708 bits per heavy atom. The number of piperidine rings is 2. The highest BCUT2D eigenvalue weighted by atomic mass is 32.3. The molecule has 48 heavy (non-hydrogen) atoms. The zero-order valence-corrected chi connectivity index (χ0v) is 26.8. The number of nitrogens with zero attached hydrogens (tertiary/aromatic N) is 2. The van der Waals surface area contributed by atoms with Gasteiger partial charge in [-0.15, -0.1) is 0 Å². The molecule has 12 nitrogen and oxygen atoms in total. The lowest BCUT2D eigenvalue weighted by Crippen LogP contribution is -2.62. The average molecular weight is 685 g/mol. The zero-order valence-electron chi connectivity index (χ0n) is 26.0. The Morgan fingerprint density at radius 2 is 1.08 bits per heavy atom. The number of hydrogen-bond acceptors (Lipinski definition) is 10. The van der Waals surface area contributed by atoms with E-state index in [1.807, 2.05) is 24.3 Å². The van der Waals surface area contributed by atoms with E-state index in [9.17, 15) is 20.4 Å². The summed E-state index contributed by atoms with van der Waals surface area (Å²) in [6.07, 6.45) is 20.6. The molecule has 6 N–H and O–H groups in total. The van der Waals surface area contributed by atoms with Crippen molar-refractivity contribution >= 4 is 10.4 Å². The highest BCUT2D eigenvalue weighted by Gasteiger charge is 2.69. The number of rotatable bonds is 0. The van der Waals surface area contributed by atoms with Crippen LogP contribution in [0.5, 0.6) is 0 Å². The minimum atomic E-state index is -4.67. The Morgan fingerprint density at radius 3 is 1.46 bits per heavy atom. The van der Waals surface area contributed by atoms with Crippen LogP contribution in [0.25, 0.3) is 0 Å². The molecule has 0 aromatic heterocycles. The molecule has 13 heteroatoms. The molecule has 6 aliphatic carbocycles. The molecule has 10 rings (SSSR count). The number of likely N-dealkylation sites (N-methyl/N-ethyl adjacent to an activating group) is 2. The van der Waals surface area contributed by atoms with Crippen LogP contribution in [-0.4, -0.2) is 111 Å². The summed E-state index contributed by atoms with van der Waals surface area (Å²) in [5.74, 6) is 2.68. The highest BCUT2D eigenvalue weighted by Crippen LogP contribution is 2.66.